The van der Waals surface area contributed by atoms with Gasteiger partial charge in [0.25, 0.3) is 5.69 Å². The lowest BCUT2D eigenvalue weighted by atomic mass is 9.91. The second-order valence-corrected chi connectivity index (χ2v) is 3.85. The normalized spacial score (nSPS) is 14.7. The van der Waals surface area contributed by atoms with Gasteiger partial charge in [0.2, 0.25) is 0 Å². The summed E-state index contributed by atoms with van der Waals surface area (Å²) in [4.78, 5) is 10.3. The van der Waals surface area contributed by atoms with Gasteiger partial charge in [-0.2, -0.15) is 0 Å². The Hall–Kier alpha value is -1.46. The van der Waals surface area contributed by atoms with Crippen molar-refractivity contribution in [1.82, 2.24) is 0 Å². The molecular formula is C10H14N2O3. The molecule has 0 aliphatic rings. The van der Waals surface area contributed by atoms with Crippen molar-refractivity contribution in [2.24, 2.45) is 5.73 Å². The number of benzene rings is 1. The molecule has 0 aliphatic carbocycles. The van der Waals surface area contributed by atoms with Crippen molar-refractivity contribution >= 4 is 5.69 Å². The maximum Gasteiger partial charge on any atom is 0.274 e. The van der Waals surface area contributed by atoms with Crippen LogP contribution >= 0.6 is 0 Å². The Bertz CT molecular complexity index is 388. The van der Waals surface area contributed by atoms with Crippen LogP contribution in [-0.4, -0.2) is 16.6 Å². The van der Waals surface area contributed by atoms with Crippen LogP contribution in [0.2, 0.25) is 0 Å². The van der Waals surface area contributed by atoms with Gasteiger partial charge in [-0.05, 0) is 19.9 Å². The molecule has 0 aromatic heterocycles. The molecule has 82 valence electrons. The summed E-state index contributed by atoms with van der Waals surface area (Å²) in [5.41, 5.74) is 5.88. The highest BCUT2D eigenvalue weighted by Gasteiger charge is 2.28. The maximum absolute atomic E-state index is 10.8. The van der Waals surface area contributed by atoms with Crippen molar-refractivity contribution in [3.63, 3.8) is 0 Å². The summed E-state index contributed by atoms with van der Waals surface area (Å²) < 4.78 is 0. The standard InChI is InChI=1S/C10H14N2O3/c1-7-3-4-9(12(14)15)8(5-7)10(2,11)6-13/h3-5,13H,6,11H2,1-2H3. The maximum atomic E-state index is 10.8. The zero-order valence-electron chi connectivity index (χ0n) is 8.73. The first kappa shape index (κ1) is 11.6. The highest BCUT2D eigenvalue weighted by molar-refractivity contribution is 5.46. The van der Waals surface area contributed by atoms with Crippen LogP contribution in [0.15, 0.2) is 18.2 Å². The number of nitro groups is 1. The number of aryl methyl sites for hydroxylation is 1. The molecule has 0 fully saturated rings. The average molecular weight is 210 g/mol. The van der Waals surface area contributed by atoms with Crippen molar-refractivity contribution in [1.29, 1.82) is 0 Å². The minimum Gasteiger partial charge on any atom is -0.394 e. The number of hydrogen-bond acceptors (Lipinski definition) is 4. The molecule has 0 heterocycles. The van der Waals surface area contributed by atoms with Gasteiger partial charge in [0.15, 0.2) is 0 Å². The average Bonchev–Trinajstić information content (AvgIpc) is 2.17. The number of nitro benzene ring substituents is 1. The van der Waals surface area contributed by atoms with E-state index in [0.29, 0.717) is 5.56 Å². The van der Waals surface area contributed by atoms with E-state index in [0.717, 1.165) is 5.56 Å². The van der Waals surface area contributed by atoms with Crippen LogP contribution in [0.4, 0.5) is 5.69 Å². The number of aliphatic hydroxyl groups excluding tert-OH is 1. The van der Waals surface area contributed by atoms with Crippen LogP contribution in [-0.2, 0) is 5.54 Å². The SMILES string of the molecule is Cc1ccc([N+](=O)[O-])c(C(C)(N)CO)c1. The predicted octanol–water partition coefficient (Wildman–Crippen LogP) is 1.07. The highest BCUT2D eigenvalue weighted by atomic mass is 16.6. The lowest BCUT2D eigenvalue weighted by Gasteiger charge is -2.22. The molecule has 0 saturated heterocycles. The van der Waals surface area contributed by atoms with Gasteiger partial charge in [0, 0.05) is 6.07 Å². The molecule has 0 bridgehead atoms. The van der Waals surface area contributed by atoms with E-state index in [4.69, 9.17) is 10.8 Å². The first-order valence-corrected chi connectivity index (χ1v) is 4.54. The Morgan fingerprint density at radius 1 is 1.60 bits per heavy atom. The summed E-state index contributed by atoms with van der Waals surface area (Å²) in [6.45, 7) is 3.05. The number of hydrogen-bond donors (Lipinski definition) is 2. The molecular weight excluding hydrogens is 196 g/mol. The van der Waals surface area contributed by atoms with E-state index in [9.17, 15) is 10.1 Å². The molecule has 0 spiro atoms. The van der Waals surface area contributed by atoms with Gasteiger partial charge in [-0.25, -0.2) is 0 Å². The smallest absolute Gasteiger partial charge is 0.274 e. The fourth-order valence-electron chi connectivity index (χ4n) is 1.35. The Morgan fingerprint density at radius 2 is 2.20 bits per heavy atom. The molecule has 0 saturated carbocycles. The summed E-state index contributed by atoms with van der Waals surface area (Å²) in [5.74, 6) is 0. The molecule has 1 rings (SSSR count). The summed E-state index contributed by atoms with van der Waals surface area (Å²) in [5, 5.41) is 19.9. The minimum absolute atomic E-state index is 0.0559. The second-order valence-electron chi connectivity index (χ2n) is 3.85. The quantitative estimate of drug-likeness (QED) is 0.576. The summed E-state index contributed by atoms with van der Waals surface area (Å²) in [6, 6.07) is 4.69. The van der Waals surface area contributed by atoms with E-state index >= 15 is 0 Å². The minimum atomic E-state index is -1.09. The van der Waals surface area contributed by atoms with Crippen LogP contribution < -0.4 is 5.73 Å². The fraction of sp³-hybridized carbons (Fsp3) is 0.400. The molecule has 5 heteroatoms. The topological polar surface area (TPSA) is 89.4 Å². The Labute approximate surface area is 87.7 Å². The van der Waals surface area contributed by atoms with Crippen LogP contribution in [0.25, 0.3) is 0 Å². The van der Waals surface area contributed by atoms with Crippen LogP contribution in [0.1, 0.15) is 18.1 Å². The van der Waals surface area contributed by atoms with E-state index in [1.54, 1.807) is 19.1 Å². The molecule has 0 aliphatic heterocycles. The summed E-state index contributed by atoms with van der Waals surface area (Å²) in [7, 11) is 0. The van der Waals surface area contributed by atoms with Gasteiger partial charge in [0.1, 0.15) is 0 Å². The third-order valence-corrected chi connectivity index (χ3v) is 2.29. The van der Waals surface area contributed by atoms with E-state index in [1.165, 1.54) is 6.07 Å². The molecule has 1 aromatic carbocycles. The first-order chi connectivity index (χ1) is 6.88. The molecule has 1 aromatic rings. The zero-order chi connectivity index (χ0) is 11.6. The third kappa shape index (κ3) is 2.31. The number of nitrogens with zero attached hydrogens (tertiary/aromatic N) is 1. The summed E-state index contributed by atoms with van der Waals surface area (Å²) in [6.07, 6.45) is 0. The van der Waals surface area contributed by atoms with E-state index in [-0.39, 0.29) is 12.3 Å². The summed E-state index contributed by atoms with van der Waals surface area (Å²) >= 11 is 0. The molecule has 1 unspecified atom stereocenters. The number of rotatable bonds is 3. The van der Waals surface area contributed by atoms with Crippen molar-refractivity contribution in [2.45, 2.75) is 19.4 Å². The molecule has 0 amide bonds. The zero-order valence-corrected chi connectivity index (χ0v) is 8.73. The van der Waals surface area contributed by atoms with E-state index < -0.39 is 10.5 Å². The Balaban J connectivity index is 3.37. The number of nitrogens with two attached hydrogens (primary N) is 1. The number of aliphatic hydroxyl groups is 1. The fourth-order valence-corrected chi connectivity index (χ4v) is 1.35. The van der Waals surface area contributed by atoms with Crippen molar-refractivity contribution in [3.8, 4) is 0 Å². The molecule has 5 nitrogen and oxygen atoms in total. The lowest BCUT2D eigenvalue weighted by molar-refractivity contribution is -0.386. The van der Waals surface area contributed by atoms with Crippen LogP contribution in [0, 0.1) is 17.0 Å². The van der Waals surface area contributed by atoms with Crippen molar-refractivity contribution in [3.05, 3.63) is 39.4 Å². The molecule has 3 N–H and O–H groups in total. The van der Waals surface area contributed by atoms with Crippen molar-refractivity contribution in [2.75, 3.05) is 6.61 Å². The Morgan fingerprint density at radius 3 is 2.67 bits per heavy atom. The molecule has 1 atom stereocenters. The highest BCUT2D eigenvalue weighted by Crippen LogP contribution is 2.28. The third-order valence-electron chi connectivity index (χ3n) is 2.29. The van der Waals surface area contributed by atoms with Crippen LogP contribution in [0.5, 0.6) is 0 Å². The lowest BCUT2D eigenvalue weighted by Crippen LogP contribution is -2.37. The first-order valence-electron chi connectivity index (χ1n) is 4.54. The van der Waals surface area contributed by atoms with Gasteiger partial charge in [-0.3, -0.25) is 10.1 Å². The van der Waals surface area contributed by atoms with E-state index in [2.05, 4.69) is 0 Å². The van der Waals surface area contributed by atoms with Gasteiger partial charge < -0.3 is 10.8 Å². The van der Waals surface area contributed by atoms with Gasteiger partial charge >= 0.3 is 0 Å². The molecule has 0 radical (unpaired) electrons. The van der Waals surface area contributed by atoms with Gasteiger partial charge in [-0.15, -0.1) is 0 Å². The second kappa shape index (κ2) is 3.96. The Kier molecular flexibility index (Phi) is 3.06. The largest absolute Gasteiger partial charge is 0.394 e. The van der Waals surface area contributed by atoms with Gasteiger partial charge in [0.05, 0.1) is 22.6 Å². The van der Waals surface area contributed by atoms with Crippen molar-refractivity contribution < 1.29 is 10.0 Å². The monoisotopic (exact) mass is 210 g/mol. The van der Waals surface area contributed by atoms with Crippen LogP contribution in [0.3, 0.4) is 0 Å². The van der Waals surface area contributed by atoms with Gasteiger partial charge in [-0.1, -0.05) is 11.6 Å². The molecule has 15 heavy (non-hydrogen) atoms. The predicted molar refractivity (Wildman–Crippen MR) is 56.5 cm³/mol. The van der Waals surface area contributed by atoms with E-state index in [1.807, 2.05) is 6.92 Å².